The molecule has 0 spiro atoms. The molecule has 2 amide bonds. The summed E-state index contributed by atoms with van der Waals surface area (Å²) in [7, 11) is 2.11. The number of hydrogen-bond acceptors (Lipinski definition) is 2. The van der Waals surface area contributed by atoms with Crippen molar-refractivity contribution in [2.75, 3.05) is 33.2 Å². The zero-order valence-electron chi connectivity index (χ0n) is 12.7. The highest BCUT2D eigenvalue weighted by molar-refractivity contribution is 5.74. The minimum atomic E-state index is 0.154. The molecule has 1 saturated carbocycles. The number of nitrogens with one attached hydrogen (secondary N) is 1. The predicted octanol–water partition coefficient (Wildman–Crippen LogP) is 2.16. The smallest absolute Gasteiger partial charge is 0.317 e. The fraction of sp³-hybridized carbons (Fsp3) is 0.933. The van der Waals surface area contributed by atoms with E-state index in [0.717, 1.165) is 50.9 Å². The Morgan fingerprint density at radius 3 is 2.16 bits per heavy atom. The van der Waals surface area contributed by atoms with E-state index >= 15 is 0 Å². The number of likely N-dealkylation sites (N-methyl/N-ethyl adjacent to an activating group) is 1. The molecule has 1 aliphatic heterocycles. The van der Waals surface area contributed by atoms with E-state index in [0.29, 0.717) is 6.04 Å². The lowest BCUT2D eigenvalue weighted by Crippen LogP contribution is -2.53. The molecule has 2 rings (SSSR count). The first kappa shape index (κ1) is 14.6. The van der Waals surface area contributed by atoms with Gasteiger partial charge in [-0.2, -0.15) is 0 Å². The summed E-state index contributed by atoms with van der Waals surface area (Å²) in [5, 5.41) is 3.23. The third kappa shape index (κ3) is 4.10. The molecule has 0 aromatic rings. The van der Waals surface area contributed by atoms with Crippen molar-refractivity contribution in [3.8, 4) is 0 Å². The third-order valence-corrected chi connectivity index (χ3v) is 4.83. The van der Waals surface area contributed by atoms with Crippen LogP contribution in [0.4, 0.5) is 4.79 Å². The molecule has 1 aliphatic carbocycles. The minimum absolute atomic E-state index is 0.154. The highest BCUT2D eigenvalue weighted by Crippen LogP contribution is 2.29. The molecule has 0 unspecified atom stereocenters. The maximum atomic E-state index is 12.2. The van der Waals surface area contributed by atoms with Crippen molar-refractivity contribution in [3.63, 3.8) is 0 Å². The largest absolute Gasteiger partial charge is 0.335 e. The van der Waals surface area contributed by atoms with Crippen LogP contribution in [-0.2, 0) is 0 Å². The summed E-state index contributed by atoms with van der Waals surface area (Å²) < 4.78 is 0. The van der Waals surface area contributed by atoms with E-state index in [2.05, 4.69) is 31.1 Å². The number of hydrogen-bond donors (Lipinski definition) is 1. The Bertz CT molecular complexity index is 290. The first-order valence-electron chi connectivity index (χ1n) is 7.80. The summed E-state index contributed by atoms with van der Waals surface area (Å²) in [4.78, 5) is 16.4. The van der Waals surface area contributed by atoms with Gasteiger partial charge in [-0.15, -0.1) is 0 Å². The van der Waals surface area contributed by atoms with Crippen molar-refractivity contribution in [1.82, 2.24) is 15.1 Å². The second-order valence-corrected chi connectivity index (χ2v) is 6.60. The van der Waals surface area contributed by atoms with Crippen molar-refractivity contribution in [3.05, 3.63) is 0 Å². The Labute approximate surface area is 117 Å². The van der Waals surface area contributed by atoms with Crippen molar-refractivity contribution >= 4 is 6.03 Å². The highest BCUT2D eigenvalue weighted by atomic mass is 16.2. The number of piperazine rings is 1. The molecule has 0 bridgehead atoms. The zero-order valence-corrected chi connectivity index (χ0v) is 12.7. The summed E-state index contributed by atoms with van der Waals surface area (Å²) in [6.45, 7) is 8.34. The van der Waals surface area contributed by atoms with Gasteiger partial charge in [0.05, 0.1) is 0 Å². The van der Waals surface area contributed by atoms with E-state index in [-0.39, 0.29) is 6.03 Å². The van der Waals surface area contributed by atoms with Crippen LogP contribution in [0.2, 0.25) is 0 Å². The molecule has 19 heavy (non-hydrogen) atoms. The summed E-state index contributed by atoms with van der Waals surface area (Å²) in [6, 6.07) is 0.559. The SMILES string of the molecule is CC(C)[C@H]1CC[C@@H](NC(=O)N2CCN(C)CC2)CC1. The van der Waals surface area contributed by atoms with E-state index in [4.69, 9.17) is 0 Å². The van der Waals surface area contributed by atoms with Gasteiger partial charge in [-0.25, -0.2) is 4.79 Å². The standard InChI is InChI=1S/C15H29N3O/c1-12(2)13-4-6-14(7-5-13)16-15(19)18-10-8-17(3)9-11-18/h12-14H,4-11H2,1-3H3,(H,16,19)/t13-,14+. The zero-order chi connectivity index (χ0) is 13.8. The number of amides is 2. The molecular weight excluding hydrogens is 238 g/mol. The molecule has 2 fully saturated rings. The summed E-state index contributed by atoms with van der Waals surface area (Å²) in [5.41, 5.74) is 0. The van der Waals surface area contributed by atoms with Gasteiger partial charge in [-0.05, 0) is 44.6 Å². The predicted molar refractivity (Wildman–Crippen MR) is 78.2 cm³/mol. The monoisotopic (exact) mass is 267 g/mol. The first-order chi connectivity index (χ1) is 9.06. The lowest BCUT2D eigenvalue weighted by molar-refractivity contribution is 0.146. The lowest BCUT2D eigenvalue weighted by Gasteiger charge is -2.35. The quantitative estimate of drug-likeness (QED) is 0.832. The van der Waals surface area contributed by atoms with Crippen LogP contribution >= 0.6 is 0 Å². The minimum Gasteiger partial charge on any atom is -0.335 e. The van der Waals surface area contributed by atoms with Crippen LogP contribution < -0.4 is 5.32 Å². The van der Waals surface area contributed by atoms with Crippen molar-refractivity contribution in [2.24, 2.45) is 11.8 Å². The maximum Gasteiger partial charge on any atom is 0.317 e. The Morgan fingerprint density at radius 1 is 1.05 bits per heavy atom. The van der Waals surface area contributed by atoms with Gasteiger partial charge in [0, 0.05) is 32.2 Å². The van der Waals surface area contributed by atoms with Gasteiger partial charge >= 0.3 is 6.03 Å². The van der Waals surface area contributed by atoms with Crippen molar-refractivity contribution < 1.29 is 4.79 Å². The molecule has 1 N–H and O–H groups in total. The van der Waals surface area contributed by atoms with Crippen LogP contribution in [0.1, 0.15) is 39.5 Å². The summed E-state index contributed by atoms with van der Waals surface area (Å²) in [6.07, 6.45) is 4.85. The molecule has 4 nitrogen and oxygen atoms in total. The molecule has 4 heteroatoms. The fourth-order valence-electron chi connectivity index (χ4n) is 3.21. The van der Waals surface area contributed by atoms with E-state index < -0.39 is 0 Å². The fourth-order valence-corrected chi connectivity index (χ4v) is 3.21. The van der Waals surface area contributed by atoms with Crippen LogP contribution in [0, 0.1) is 11.8 Å². The summed E-state index contributed by atoms with van der Waals surface area (Å²) >= 11 is 0. The maximum absolute atomic E-state index is 12.2. The number of urea groups is 1. The van der Waals surface area contributed by atoms with Gasteiger partial charge < -0.3 is 15.1 Å². The van der Waals surface area contributed by atoms with Gasteiger partial charge in [0.2, 0.25) is 0 Å². The second kappa shape index (κ2) is 6.60. The molecule has 0 atom stereocenters. The van der Waals surface area contributed by atoms with Gasteiger partial charge in [0.1, 0.15) is 0 Å². The van der Waals surface area contributed by atoms with Gasteiger partial charge in [0.25, 0.3) is 0 Å². The van der Waals surface area contributed by atoms with Crippen molar-refractivity contribution in [2.45, 2.75) is 45.6 Å². The van der Waals surface area contributed by atoms with Gasteiger partial charge in [-0.1, -0.05) is 13.8 Å². The van der Waals surface area contributed by atoms with Gasteiger partial charge in [0.15, 0.2) is 0 Å². The molecule has 2 aliphatic rings. The average Bonchev–Trinajstić information content (AvgIpc) is 2.40. The lowest BCUT2D eigenvalue weighted by atomic mass is 9.80. The van der Waals surface area contributed by atoms with Crippen LogP contribution in [0.5, 0.6) is 0 Å². The number of nitrogens with zero attached hydrogens (tertiary/aromatic N) is 2. The Hall–Kier alpha value is -0.770. The topological polar surface area (TPSA) is 35.6 Å². The molecule has 1 saturated heterocycles. The Balaban J connectivity index is 1.72. The van der Waals surface area contributed by atoms with Gasteiger partial charge in [-0.3, -0.25) is 0 Å². The number of carbonyl (C=O) groups excluding carboxylic acids is 1. The second-order valence-electron chi connectivity index (χ2n) is 6.60. The van der Waals surface area contributed by atoms with Crippen LogP contribution in [0.15, 0.2) is 0 Å². The summed E-state index contributed by atoms with van der Waals surface area (Å²) in [5.74, 6) is 1.64. The molecule has 0 radical (unpaired) electrons. The normalized spacial score (nSPS) is 29.6. The van der Waals surface area contributed by atoms with E-state index in [1.54, 1.807) is 0 Å². The average molecular weight is 267 g/mol. The van der Waals surface area contributed by atoms with E-state index in [1.807, 2.05) is 4.90 Å². The Kier molecular flexibility index (Phi) is 5.08. The van der Waals surface area contributed by atoms with E-state index in [9.17, 15) is 4.79 Å². The van der Waals surface area contributed by atoms with Crippen LogP contribution in [0.25, 0.3) is 0 Å². The molecule has 110 valence electrons. The van der Waals surface area contributed by atoms with Crippen molar-refractivity contribution in [1.29, 1.82) is 0 Å². The number of rotatable bonds is 2. The molecule has 1 heterocycles. The molecule has 0 aromatic heterocycles. The highest BCUT2D eigenvalue weighted by Gasteiger charge is 2.26. The van der Waals surface area contributed by atoms with E-state index in [1.165, 1.54) is 12.8 Å². The van der Waals surface area contributed by atoms with Crippen LogP contribution in [-0.4, -0.2) is 55.1 Å². The first-order valence-corrected chi connectivity index (χ1v) is 7.80. The molecule has 0 aromatic carbocycles. The third-order valence-electron chi connectivity index (χ3n) is 4.83. The van der Waals surface area contributed by atoms with Crippen LogP contribution in [0.3, 0.4) is 0 Å². The molecular formula is C15H29N3O. The number of carbonyl (C=O) groups is 1. The Morgan fingerprint density at radius 2 is 1.63 bits per heavy atom.